The van der Waals surface area contributed by atoms with Crippen molar-refractivity contribution in [3.05, 3.63) is 33.0 Å². The van der Waals surface area contributed by atoms with Crippen LogP contribution in [0, 0.1) is 0 Å². The monoisotopic (exact) mass is 410 g/mol. The Labute approximate surface area is 152 Å². The average Bonchev–Trinajstić information content (AvgIpc) is 2.57. The second-order valence-electron chi connectivity index (χ2n) is 5.82. The number of methoxy groups -OCH3 is 1. The largest absolute Gasteiger partial charge is 0.383 e. The molecule has 0 N–H and O–H groups in total. The van der Waals surface area contributed by atoms with E-state index in [0.717, 1.165) is 23.7 Å². The number of nitrogens with zero attached hydrogens (tertiary/aromatic N) is 2. The summed E-state index contributed by atoms with van der Waals surface area (Å²) < 4.78 is 7.60. The number of Topliss-reactive ketones (excluding diaryl/α,β-unsaturated/α-hetero) is 1. The Morgan fingerprint density at radius 2 is 2.21 bits per heavy atom. The zero-order valence-electron chi connectivity index (χ0n) is 13.5. The van der Waals surface area contributed by atoms with E-state index >= 15 is 0 Å². The van der Waals surface area contributed by atoms with Gasteiger partial charge in [0.2, 0.25) is 0 Å². The summed E-state index contributed by atoms with van der Waals surface area (Å²) in [6, 6.07) is 5.48. The van der Waals surface area contributed by atoms with Crippen molar-refractivity contribution in [2.24, 2.45) is 0 Å². The fraction of sp³-hybridized carbons (Fsp3) is 0.471. The third-order valence-corrected chi connectivity index (χ3v) is 5.95. The van der Waals surface area contributed by atoms with E-state index in [0.29, 0.717) is 35.6 Å². The topological polar surface area (TPSA) is 61.2 Å². The molecule has 0 radical (unpaired) electrons. The van der Waals surface area contributed by atoms with Crippen LogP contribution < -0.4 is 5.56 Å². The van der Waals surface area contributed by atoms with Gasteiger partial charge in [0.1, 0.15) is 5.78 Å². The molecule has 1 atom stereocenters. The molecular formula is C17H19BrN2O3S. The standard InChI is InChI=1S/C17H19BrN2O3S/c1-23-9-8-20-16(22)12-10-11(18)6-7-13(12)19-17(20)24-15-5-3-2-4-14(15)21/h6-7,10,15H,2-5,8-9H2,1H3/t15-/m1/s1. The lowest BCUT2D eigenvalue weighted by Gasteiger charge is -2.21. The minimum absolute atomic E-state index is 0.0934. The van der Waals surface area contributed by atoms with E-state index < -0.39 is 0 Å². The lowest BCUT2D eigenvalue weighted by Crippen LogP contribution is -2.28. The van der Waals surface area contributed by atoms with E-state index in [-0.39, 0.29) is 16.6 Å². The molecule has 0 bridgehead atoms. The summed E-state index contributed by atoms with van der Waals surface area (Å²) in [6.45, 7) is 0.849. The summed E-state index contributed by atoms with van der Waals surface area (Å²) in [4.78, 5) is 29.7. The molecule has 3 rings (SSSR count). The molecule has 1 aliphatic carbocycles. The smallest absolute Gasteiger partial charge is 0.262 e. The van der Waals surface area contributed by atoms with E-state index in [1.807, 2.05) is 12.1 Å². The summed E-state index contributed by atoms with van der Waals surface area (Å²) in [5.41, 5.74) is 0.562. The van der Waals surface area contributed by atoms with E-state index in [1.165, 1.54) is 11.8 Å². The van der Waals surface area contributed by atoms with Gasteiger partial charge in [-0.2, -0.15) is 0 Å². The Hall–Kier alpha value is -1.18. The highest BCUT2D eigenvalue weighted by Gasteiger charge is 2.25. The van der Waals surface area contributed by atoms with Crippen molar-refractivity contribution in [1.82, 2.24) is 9.55 Å². The van der Waals surface area contributed by atoms with Crippen molar-refractivity contribution in [2.45, 2.75) is 42.6 Å². The van der Waals surface area contributed by atoms with Gasteiger partial charge in [0.25, 0.3) is 5.56 Å². The van der Waals surface area contributed by atoms with Crippen LogP contribution in [0.5, 0.6) is 0 Å². The first-order valence-electron chi connectivity index (χ1n) is 7.98. The summed E-state index contributed by atoms with van der Waals surface area (Å²) in [5, 5.41) is 1.07. The van der Waals surface area contributed by atoms with Crippen molar-refractivity contribution < 1.29 is 9.53 Å². The fourth-order valence-corrected chi connectivity index (χ4v) is 4.45. The van der Waals surface area contributed by atoms with Crippen LogP contribution in [-0.2, 0) is 16.1 Å². The Morgan fingerprint density at radius 1 is 1.38 bits per heavy atom. The molecule has 0 spiro atoms. The maximum Gasteiger partial charge on any atom is 0.262 e. The average molecular weight is 411 g/mol. The predicted molar refractivity (Wildman–Crippen MR) is 98.7 cm³/mol. The first kappa shape index (κ1) is 17.6. The van der Waals surface area contributed by atoms with Crippen molar-refractivity contribution in [3.63, 3.8) is 0 Å². The molecule has 0 aliphatic heterocycles. The quantitative estimate of drug-likeness (QED) is 0.706. The van der Waals surface area contributed by atoms with Crippen LogP contribution in [-0.4, -0.2) is 34.3 Å². The maximum atomic E-state index is 12.9. The zero-order chi connectivity index (χ0) is 17.1. The molecule has 1 aromatic carbocycles. The SMILES string of the molecule is COCCn1c(S[C@@H]2CCCCC2=O)nc2ccc(Br)cc2c1=O. The number of benzene rings is 1. The molecule has 1 aromatic heterocycles. The van der Waals surface area contributed by atoms with Gasteiger partial charge >= 0.3 is 0 Å². The molecule has 2 aromatic rings. The molecule has 1 saturated carbocycles. The second kappa shape index (κ2) is 7.80. The number of ether oxygens (including phenoxy) is 1. The summed E-state index contributed by atoms with van der Waals surface area (Å²) in [7, 11) is 1.60. The Bertz CT molecular complexity index is 821. The van der Waals surface area contributed by atoms with Crippen molar-refractivity contribution in [3.8, 4) is 0 Å². The molecule has 5 nitrogen and oxygen atoms in total. The van der Waals surface area contributed by atoms with Crippen LogP contribution in [0.25, 0.3) is 10.9 Å². The predicted octanol–water partition coefficient (Wildman–Crippen LogP) is 3.41. The van der Waals surface area contributed by atoms with Gasteiger partial charge in [-0.15, -0.1) is 0 Å². The molecule has 7 heteroatoms. The molecule has 0 saturated heterocycles. The summed E-state index contributed by atoms with van der Waals surface area (Å²) in [6.07, 6.45) is 3.49. The number of carbonyl (C=O) groups is 1. The van der Waals surface area contributed by atoms with E-state index in [2.05, 4.69) is 20.9 Å². The maximum absolute atomic E-state index is 12.9. The van der Waals surface area contributed by atoms with Gasteiger partial charge in [-0.25, -0.2) is 4.98 Å². The molecule has 1 aliphatic rings. The fourth-order valence-electron chi connectivity index (χ4n) is 2.85. The van der Waals surface area contributed by atoms with Gasteiger partial charge in [0, 0.05) is 18.0 Å². The number of halogens is 1. The minimum atomic E-state index is -0.104. The van der Waals surface area contributed by atoms with Crippen LogP contribution in [0.15, 0.2) is 32.6 Å². The van der Waals surface area contributed by atoms with Crippen LogP contribution in [0.1, 0.15) is 25.7 Å². The molecule has 24 heavy (non-hydrogen) atoms. The number of thioether (sulfide) groups is 1. The number of rotatable bonds is 5. The number of aromatic nitrogens is 2. The molecule has 1 heterocycles. The molecule has 1 fully saturated rings. The van der Waals surface area contributed by atoms with Crippen LogP contribution in [0.2, 0.25) is 0 Å². The van der Waals surface area contributed by atoms with Gasteiger partial charge in [0.05, 0.1) is 29.3 Å². The first-order chi connectivity index (χ1) is 11.6. The van der Waals surface area contributed by atoms with Crippen molar-refractivity contribution in [1.29, 1.82) is 0 Å². The summed E-state index contributed by atoms with van der Waals surface area (Å²) in [5.74, 6) is 0.259. The molecular weight excluding hydrogens is 392 g/mol. The van der Waals surface area contributed by atoms with Gasteiger partial charge < -0.3 is 4.74 Å². The number of ketones is 1. The molecule has 0 amide bonds. The van der Waals surface area contributed by atoms with Gasteiger partial charge in [-0.1, -0.05) is 34.1 Å². The molecule has 128 valence electrons. The van der Waals surface area contributed by atoms with E-state index in [1.54, 1.807) is 17.7 Å². The van der Waals surface area contributed by atoms with Crippen molar-refractivity contribution in [2.75, 3.05) is 13.7 Å². The number of carbonyl (C=O) groups excluding carboxylic acids is 1. The van der Waals surface area contributed by atoms with Crippen LogP contribution >= 0.6 is 27.7 Å². The Kier molecular flexibility index (Phi) is 5.73. The zero-order valence-corrected chi connectivity index (χ0v) is 15.9. The van der Waals surface area contributed by atoms with Crippen molar-refractivity contribution >= 4 is 44.4 Å². The minimum Gasteiger partial charge on any atom is -0.383 e. The Balaban J connectivity index is 2.05. The number of hydrogen-bond acceptors (Lipinski definition) is 5. The highest BCUT2D eigenvalue weighted by atomic mass is 79.9. The van der Waals surface area contributed by atoms with Crippen LogP contribution in [0.4, 0.5) is 0 Å². The Morgan fingerprint density at radius 3 is 2.96 bits per heavy atom. The highest BCUT2D eigenvalue weighted by Crippen LogP contribution is 2.31. The summed E-state index contributed by atoms with van der Waals surface area (Å²) >= 11 is 4.82. The van der Waals surface area contributed by atoms with Gasteiger partial charge in [-0.05, 0) is 31.0 Å². The lowest BCUT2D eigenvalue weighted by atomic mass is 9.99. The normalized spacial score (nSPS) is 18.2. The van der Waals surface area contributed by atoms with Gasteiger partial charge in [-0.3, -0.25) is 14.2 Å². The first-order valence-corrected chi connectivity index (χ1v) is 9.66. The lowest BCUT2D eigenvalue weighted by molar-refractivity contribution is -0.119. The third kappa shape index (κ3) is 3.73. The number of fused-ring (bicyclic) bond motifs is 1. The third-order valence-electron chi connectivity index (χ3n) is 4.15. The second-order valence-corrected chi connectivity index (χ2v) is 7.91. The van der Waals surface area contributed by atoms with E-state index in [4.69, 9.17) is 4.74 Å². The van der Waals surface area contributed by atoms with Crippen LogP contribution in [0.3, 0.4) is 0 Å². The number of hydrogen-bond donors (Lipinski definition) is 0. The highest BCUT2D eigenvalue weighted by molar-refractivity contribution is 9.10. The molecule has 0 unspecified atom stereocenters. The van der Waals surface area contributed by atoms with E-state index in [9.17, 15) is 9.59 Å². The van der Waals surface area contributed by atoms with Gasteiger partial charge in [0.15, 0.2) is 5.16 Å².